The number of furan rings is 1. The fraction of sp³-hybridized carbons (Fsp3) is 0.333. The molecule has 2 heterocycles. The molecule has 0 fully saturated rings. The second-order valence-corrected chi connectivity index (χ2v) is 6.77. The molecule has 3 aromatic rings. The van der Waals surface area contributed by atoms with Gasteiger partial charge >= 0.3 is 0 Å². The molecule has 154 valence electrons. The average molecular weight is 400 g/mol. The molecular formula is C21H25FN4O3. The van der Waals surface area contributed by atoms with E-state index in [-0.39, 0.29) is 12.4 Å². The Bertz CT molecular complexity index is 918. The van der Waals surface area contributed by atoms with Gasteiger partial charge in [0.2, 0.25) is 5.89 Å². The highest BCUT2D eigenvalue weighted by Crippen LogP contribution is 2.21. The molecular weight excluding hydrogens is 375 g/mol. The zero-order valence-electron chi connectivity index (χ0n) is 16.5. The van der Waals surface area contributed by atoms with E-state index in [2.05, 4.69) is 20.6 Å². The third-order valence-corrected chi connectivity index (χ3v) is 4.26. The molecule has 0 aliphatic heterocycles. The van der Waals surface area contributed by atoms with Crippen LogP contribution in [0.4, 0.5) is 4.39 Å². The Hall–Kier alpha value is -3.13. The first kappa shape index (κ1) is 20.6. The van der Waals surface area contributed by atoms with Gasteiger partial charge in [-0.3, -0.25) is 0 Å². The van der Waals surface area contributed by atoms with Gasteiger partial charge in [-0.25, -0.2) is 14.4 Å². The summed E-state index contributed by atoms with van der Waals surface area (Å²) >= 11 is 0. The molecule has 0 aliphatic rings. The Balaban J connectivity index is 1.55. The predicted molar refractivity (Wildman–Crippen MR) is 108 cm³/mol. The molecule has 0 bridgehead atoms. The van der Waals surface area contributed by atoms with E-state index in [1.54, 1.807) is 37.5 Å². The number of hydrogen-bond donors (Lipinski definition) is 3. The lowest BCUT2D eigenvalue weighted by Crippen LogP contribution is -2.39. The van der Waals surface area contributed by atoms with Crippen LogP contribution in [0.2, 0.25) is 0 Å². The summed E-state index contributed by atoms with van der Waals surface area (Å²) in [7, 11) is 0. The van der Waals surface area contributed by atoms with Gasteiger partial charge < -0.3 is 24.6 Å². The number of guanidine groups is 1. The van der Waals surface area contributed by atoms with Crippen molar-refractivity contribution in [3.63, 3.8) is 0 Å². The lowest BCUT2D eigenvalue weighted by Gasteiger charge is -2.19. The van der Waals surface area contributed by atoms with Gasteiger partial charge in [0, 0.05) is 25.1 Å². The Morgan fingerprint density at radius 3 is 2.69 bits per heavy atom. The molecule has 0 saturated heterocycles. The number of rotatable bonds is 8. The van der Waals surface area contributed by atoms with E-state index in [1.165, 1.54) is 18.4 Å². The summed E-state index contributed by atoms with van der Waals surface area (Å²) in [5.41, 5.74) is 0.304. The van der Waals surface area contributed by atoms with Gasteiger partial charge in [0.1, 0.15) is 23.4 Å². The maximum atomic E-state index is 13.0. The van der Waals surface area contributed by atoms with Gasteiger partial charge in [0.05, 0.1) is 18.5 Å². The minimum absolute atomic E-state index is 0.147. The van der Waals surface area contributed by atoms with Crippen molar-refractivity contribution in [1.82, 2.24) is 15.6 Å². The molecule has 1 atom stereocenters. The van der Waals surface area contributed by atoms with Crippen molar-refractivity contribution in [3.8, 4) is 11.5 Å². The van der Waals surface area contributed by atoms with Crippen molar-refractivity contribution in [2.45, 2.75) is 25.9 Å². The first-order chi connectivity index (χ1) is 14.0. The maximum Gasteiger partial charge on any atom is 0.226 e. The van der Waals surface area contributed by atoms with Gasteiger partial charge in [0.25, 0.3) is 0 Å². The highest BCUT2D eigenvalue weighted by Gasteiger charge is 2.26. The number of halogens is 1. The summed E-state index contributed by atoms with van der Waals surface area (Å²) in [6.07, 6.45) is 3.73. The van der Waals surface area contributed by atoms with Crippen molar-refractivity contribution in [2.24, 2.45) is 4.99 Å². The van der Waals surface area contributed by atoms with Crippen LogP contribution in [0, 0.1) is 5.82 Å². The minimum Gasteiger partial charge on any atom is -0.466 e. The first-order valence-corrected chi connectivity index (χ1v) is 9.47. The van der Waals surface area contributed by atoms with Crippen LogP contribution in [-0.4, -0.2) is 35.7 Å². The third-order valence-electron chi connectivity index (χ3n) is 4.26. The van der Waals surface area contributed by atoms with E-state index in [0.717, 1.165) is 11.3 Å². The van der Waals surface area contributed by atoms with Gasteiger partial charge in [-0.05, 0) is 50.2 Å². The SMILES string of the molecule is CCNC(=NCC(C)(O)c1ccco1)NCCc1coc(-c2ccc(F)cc2)n1. The molecule has 1 aromatic carbocycles. The lowest BCUT2D eigenvalue weighted by molar-refractivity contribution is 0.0437. The van der Waals surface area contributed by atoms with Crippen molar-refractivity contribution in [2.75, 3.05) is 19.6 Å². The van der Waals surface area contributed by atoms with E-state index in [9.17, 15) is 9.50 Å². The molecule has 7 nitrogen and oxygen atoms in total. The smallest absolute Gasteiger partial charge is 0.226 e. The quantitative estimate of drug-likeness (QED) is 0.397. The van der Waals surface area contributed by atoms with Crippen molar-refractivity contribution >= 4 is 5.96 Å². The standard InChI is InChI=1S/C21H25FN4O3/c1-3-23-20(25-14-21(2,27)18-5-4-12-28-18)24-11-10-17-13-29-19(26-17)15-6-8-16(22)9-7-15/h4-9,12-13,27H,3,10-11,14H2,1-2H3,(H2,23,24,25). The van der Waals surface area contributed by atoms with Crippen LogP contribution in [0.3, 0.4) is 0 Å². The fourth-order valence-electron chi connectivity index (χ4n) is 2.69. The van der Waals surface area contributed by atoms with Crippen LogP contribution in [0.25, 0.3) is 11.5 Å². The van der Waals surface area contributed by atoms with E-state index >= 15 is 0 Å². The molecule has 3 N–H and O–H groups in total. The van der Waals surface area contributed by atoms with Crippen LogP contribution in [0.1, 0.15) is 25.3 Å². The summed E-state index contributed by atoms with van der Waals surface area (Å²) < 4.78 is 23.8. The summed E-state index contributed by atoms with van der Waals surface area (Å²) in [4.78, 5) is 8.87. The van der Waals surface area contributed by atoms with Crippen LogP contribution < -0.4 is 10.6 Å². The Labute approximate surface area is 168 Å². The molecule has 0 spiro atoms. The topological polar surface area (TPSA) is 95.8 Å². The molecule has 2 aromatic heterocycles. The third kappa shape index (κ3) is 5.68. The fourth-order valence-corrected chi connectivity index (χ4v) is 2.69. The highest BCUT2D eigenvalue weighted by atomic mass is 19.1. The van der Waals surface area contributed by atoms with Gasteiger partial charge in [-0.2, -0.15) is 0 Å². The number of aliphatic hydroxyl groups is 1. The number of aromatic nitrogens is 1. The van der Waals surface area contributed by atoms with E-state index < -0.39 is 5.60 Å². The van der Waals surface area contributed by atoms with Crippen LogP contribution in [0.15, 0.2) is 62.8 Å². The number of oxazole rings is 1. The number of nitrogens with zero attached hydrogens (tertiary/aromatic N) is 2. The van der Waals surface area contributed by atoms with E-state index in [0.29, 0.717) is 37.1 Å². The maximum absolute atomic E-state index is 13.0. The Kier molecular flexibility index (Phi) is 6.66. The van der Waals surface area contributed by atoms with Crippen LogP contribution in [-0.2, 0) is 12.0 Å². The molecule has 3 rings (SSSR count). The summed E-state index contributed by atoms with van der Waals surface area (Å²) in [5.74, 6) is 1.20. The van der Waals surface area contributed by atoms with E-state index in [1.807, 2.05) is 6.92 Å². The molecule has 0 aliphatic carbocycles. The lowest BCUT2D eigenvalue weighted by atomic mass is 10.0. The molecule has 0 amide bonds. The summed E-state index contributed by atoms with van der Waals surface area (Å²) in [5, 5.41) is 16.9. The van der Waals surface area contributed by atoms with Crippen molar-refractivity contribution < 1.29 is 18.3 Å². The van der Waals surface area contributed by atoms with Crippen LogP contribution >= 0.6 is 0 Å². The first-order valence-electron chi connectivity index (χ1n) is 9.47. The average Bonchev–Trinajstić information content (AvgIpc) is 3.39. The largest absolute Gasteiger partial charge is 0.466 e. The van der Waals surface area contributed by atoms with E-state index in [4.69, 9.17) is 8.83 Å². The second-order valence-electron chi connectivity index (χ2n) is 6.77. The highest BCUT2D eigenvalue weighted by molar-refractivity contribution is 5.79. The number of benzene rings is 1. The molecule has 29 heavy (non-hydrogen) atoms. The van der Waals surface area contributed by atoms with Gasteiger partial charge in [-0.15, -0.1) is 0 Å². The second kappa shape index (κ2) is 9.38. The minimum atomic E-state index is -1.19. The van der Waals surface area contributed by atoms with Crippen molar-refractivity contribution in [1.29, 1.82) is 0 Å². The number of nitrogens with one attached hydrogen (secondary N) is 2. The van der Waals surface area contributed by atoms with Gasteiger partial charge in [-0.1, -0.05) is 0 Å². The molecule has 0 saturated carbocycles. The summed E-state index contributed by atoms with van der Waals surface area (Å²) in [6.45, 7) is 5.03. The van der Waals surface area contributed by atoms with Crippen molar-refractivity contribution in [3.05, 3.63) is 66.2 Å². The Morgan fingerprint density at radius 2 is 2.00 bits per heavy atom. The van der Waals surface area contributed by atoms with Crippen LogP contribution in [0.5, 0.6) is 0 Å². The zero-order valence-corrected chi connectivity index (χ0v) is 16.5. The summed E-state index contributed by atoms with van der Waals surface area (Å²) in [6, 6.07) is 9.46. The zero-order chi connectivity index (χ0) is 20.7. The normalized spacial score (nSPS) is 13.9. The predicted octanol–water partition coefficient (Wildman–Crippen LogP) is 3.08. The van der Waals surface area contributed by atoms with Gasteiger partial charge in [0.15, 0.2) is 5.96 Å². The number of hydrogen-bond acceptors (Lipinski definition) is 5. The molecule has 8 heteroatoms. The molecule has 1 unspecified atom stereocenters. The number of aliphatic imine (C=N–C) groups is 1. The Morgan fingerprint density at radius 1 is 1.21 bits per heavy atom. The monoisotopic (exact) mass is 400 g/mol. The molecule has 0 radical (unpaired) electrons.